The lowest BCUT2D eigenvalue weighted by Gasteiger charge is -1.95. The molecule has 0 atom stereocenters. The van der Waals surface area contributed by atoms with E-state index in [0.29, 0.717) is 11.7 Å². The summed E-state index contributed by atoms with van der Waals surface area (Å²) in [6.45, 7) is 0. The van der Waals surface area contributed by atoms with Gasteiger partial charge in [0.15, 0.2) is 0 Å². The van der Waals surface area contributed by atoms with Gasteiger partial charge in [-0.2, -0.15) is 4.39 Å². The lowest BCUT2D eigenvalue weighted by molar-refractivity contribution is -0.406. The molecule has 0 aliphatic heterocycles. The molecule has 0 unspecified atom stereocenters. The molecule has 0 amide bonds. The summed E-state index contributed by atoms with van der Waals surface area (Å²) < 4.78 is 13.0. The monoisotopic (exact) mass is 153 g/mol. The predicted octanol–water partition coefficient (Wildman–Crippen LogP) is 1.10. The third-order valence-electron chi connectivity index (χ3n) is 1.97. The SMILES string of the molecule is Nc1ccc(C2CC2)c(F)[nH+]1. The van der Waals surface area contributed by atoms with Crippen LogP contribution in [0.4, 0.5) is 10.2 Å². The van der Waals surface area contributed by atoms with Crippen LogP contribution in [0, 0.1) is 5.95 Å². The van der Waals surface area contributed by atoms with Crippen LogP contribution in [-0.2, 0) is 0 Å². The summed E-state index contributed by atoms with van der Waals surface area (Å²) in [7, 11) is 0. The highest BCUT2D eigenvalue weighted by Gasteiger charge is 2.28. The van der Waals surface area contributed by atoms with Crippen molar-refractivity contribution in [2.45, 2.75) is 18.8 Å². The number of nitrogens with two attached hydrogens (primary N) is 1. The quantitative estimate of drug-likeness (QED) is 0.603. The first-order chi connectivity index (χ1) is 5.27. The van der Waals surface area contributed by atoms with Crippen molar-refractivity contribution in [1.29, 1.82) is 0 Å². The lowest BCUT2D eigenvalue weighted by Crippen LogP contribution is -2.16. The fourth-order valence-corrected chi connectivity index (χ4v) is 1.20. The lowest BCUT2D eigenvalue weighted by atomic mass is 10.2. The maximum Gasteiger partial charge on any atom is 0.279 e. The van der Waals surface area contributed by atoms with Crippen molar-refractivity contribution < 1.29 is 9.37 Å². The molecule has 3 heteroatoms. The molecule has 1 aromatic rings. The molecule has 0 saturated heterocycles. The van der Waals surface area contributed by atoms with Crippen molar-refractivity contribution in [2.24, 2.45) is 0 Å². The van der Waals surface area contributed by atoms with E-state index in [-0.39, 0.29) is 5.95 Å². The molecular formula is C8H10FN2+. The highest BCUT2D eigenvalue weighted by Crippen LogP contribution is 2.40. The van der Waals surface area contributed by atoms with Crippen LogP contribution in [0.3, 0.4) is 0 Å². The molecule has 1 fully saturated rings. The normalized spacial score (nSPS) is 16.8. The van der Waals surface area contributed by atoms with Gasteiger partial charge < -0.3 is 0 Å². The van der Waals surface area contributed by atoms with Gasteiger partial charge in [0.1, 0.15) is 0 Å². The number of aromatic amines is 1. The second-order valence-corrected chi connectivity index (χ2v) is 2.96. The molecule has 0 spiro atoms. The van der Waals surface area contributed by atoms with Crippen LogP contribution >= 0.6 is 0 Å². The summed E-state index contributed by atoms with van der Waals surface area (Å²) >= 11 is 0. The third kappa shape index (κ3) is 1.18. The Labute approximate surface area is 64.2 Å². The summed E-state index contributed by atoms with van der Waals surface area (Å²) in [5.74, 6) is 0.547. The molecule has 0 radical (unpaired) electrons. The first-order valence-corrected chi connectivity index (χ1v) is 3.74. The summed E-state index contributed by atoms with van der Waals surface area (Å²) in [4.78, 5) is 2.47. The van der Waals surface area contributed by atoms with Crippen molar-refractivity contribution in [1.82, 2.24) is 0 Å². The van der Waals surface area contributed by atoms with Gasteiger partial charge in [0, 0.05) is 11.6 Å². The van der Waals surface area contributed by atoms with E-state index in [1.54, 1.807) is 12.1 Å². The standard InChI is InChI=1S/C8H9FN2/c9-8-6(5-1-2-5)3-4-7(10)11-8/h3-5H,1-2H2,(H2,10,11)/p+1. The molecule has 11 heavy (non-hydrogen) atoms. The largest absolute Gasteiger partial charge is 0.287 e. The first kappa shape index (κ1) is 6.58. The van der Waals surface area contributed by atoms with E-state index in [9.17, 15) is 4.39 Å². The minimum atomic E-state index is -0.271. The average molecular weight is 153 g/mol. The Bertz CT molecular complexity index is 281. The minimum Gasteiger partial charge on any atom is -0.287 e. The van der Waals surface area contributed by atoms with E-state index in [0.717, 1.165) is 18.4 Å². The Balaban J connectivity index is 2.39. The van der Waals surface area contributed by atoms with E-state index < -0.39 is 0 Å². The molecule has 2 rings (SSSR count). The average Bonchev–Trinajstić information content (AvgIpc) is 2.70. The number of nitrogens with one attached hydrogen (secondary N) is 1. The van der Waals surface area contributed by atoms with Crippen LogP contribution in [0.5, 0.6) is 0 Å². The number of aromatic nitrogens is 1. The van der Waals surface area contributed by atoms with Gasteiger partial charge in [-0.25, -0.2) is 4.98 Å². The van der Waals surface area contributed by atoms with Crippen LogP contribution < -0.4 is 10.7 Å². The van der Waals surface area contributed by atoms with Crippen LogP contribution in [0.1, 0.15) is 24.3 Å². The predicted molar refractivity (Wildman–Crippen MR) is 39.3 cm³/mol. The zero-order chi connectivity index (χ0) is 7.84. The van der Waals surface area contributed by atoms with Crippen molar-refractivity contribution in [2.75, 3.05) is 5.73 Å². The molecule has 1 saturated carbocycles. The van der Waals surface area contributed by atoms with Crippen molar-refractivity contribution >= 4 is 5.82 Å². The van der Waals surface area contributed by atoms with Gasteiger partial charge in [0.05, 0.1) is 0 Å². The van der Waals surface area contributed by atoms with Crippen LogP contribution in [0.15, 0.2) is 12.1 Å². The number of nitrogen functional groups attached to an aromatic ring is 1. The number of hydrogen-bond acceptors (Lipinski definition) is 1. The second-order valence-electron chi connectivity index (χ2n) is 2.96. The van der Waals surface area contributed by atoms with Crippen molar-refractivity contribution in [3.8, 4) is 0 Å². The summed E-state index contributed by atoms with van der Waals surface area (Å²) in [6.07, 6.45) is 2.21. The van der Waals surface area contributed by atoms with Crippen LogP contribution in [-0.4, -0.2) is 0 Å². The zero-order valence-electron chi connectivity index (χ0n) is 6.10. The van der Waals surface area contributed by atoms with Gasteiger partial charge in [-0.3, -0.25) is 5.73 Å². The van der Waals surface area contributed by atoms with Gasteiger partial charge in [-0.1, -0.05) is 0 Å². The van der Waals surface area contributed by atoms with Crippen molar-refractivity contribution in [3.63, 3.8) is 0 Å². The summed E-state index contributed by atoms with van der Waals surface area (Å²) in [6, 6.07) is 3.47. The molecular weight excluding hydrogens is 143 g/mol. The summed E-state index contributed by atoms with van der Waals surface area (Å²) in [5, 5.41) is 0. The Morgan fingerprint density at radius 3 is 2.73 bits per heavy atom. The first-order valence-electron chi connectivity index (χ1n) is 3.74. The molecule has 2 nitrogen and oxygen atoms in total. The molecule has 1 aliphatic carbocycles. The van der Waals surface area contributed by atoms with E-state index in [1.807, 2.05) is 0 Å². The second kappa shape index (κ2) is 2.19. The molecule has 3 N–H and O–H groups in total. The number of hydrogen-bond donors (Lipinski definition) is 1. The number of rotatable bonds is 1. The van der Waals surface area contributed by atoms with E-state index in [4.69, 9.17) is 5.73 Å². The van der Waals surface area contributed by atoms with E-state index >= 15 is 0 Å². The van der Waals surface area contributed by atoms with Gasteiger partial charge >= 0.3 is 0 Å². The third-order valence-corrected chi connectivity index (χ3v) is 1.97. The fraction of sp³-hybridized carbons (Fsp3) is 0.375. The number of anilines is 1. The van der Waals surface area contributed by atoms with Gasteiger partial charge in [-0.15, -0.1) is 0 Å². The van der Waals surface area contributed by atoms with Gasteiger partial charge in [0.25, 0.3) is 11.8 Å². The van der Waals surface area contributed by atoms with E-state index in [2.05, 4.69) is 4.98 Å². The highest BCUT2D eigenvalue weighted by atomic mass is 19.1. The Morgan fingerprint density at radius 1 is 1.45 bits per heavy atom. The Morgan fingerprint density at radius 2 is 2.18 bits per heavy atom. The minimum absolute atomic E-state index is 0.271. The molecule has 1 aromatic heterocycles. The van der Waals surface area contributed by atoms with Crippen LogP contribution in [0.2, 0.25) is 0 Å². The highest BCUT2D eigenvalue weighted by molar-refractivity contribution is 5.27. The number of H-pyrrole nitrogens is 1. The van der Waals surface area contributed by atoms with Crippen molar-refractivity contribution in [3.05, 3.63) is 23.6 Å². The molecule has 1 aliphatic rings. The summed E-state index contributed by atoms with van der Waals surface area (Å²) in [5.41, 5.74) is 6.13. The van der Waals surface area contributed by atoms with Gasteiger partial charge in [0.2, 0.25) is 0 Å². The smallest absolute Gasteiger partial charge is 0.279 e. The Hall–Kier alpha value is -1.12. The number of halogens is 1. The molecule has 0 aromatic carbocycles. The molecule has 0 bridgehead atoms. The fourth-order valence-electron chi connectivity index (χ4n) is 1.20. The maximum absolute atomic E-state index is 13.0. The zero-order valence-corrected chi connectivity index (χ0v) is 6.10. The Kier molecular flexibility index (Phi) is 1.31. The number of pyridine rings is 1. The topological polar surface area (TPSA) is 40.2 Å². The maximum atomic E-state index is 13.0. The van der Waals surface area contributed by atoms with Crippen LogP contribution in [0.25, 0.3) is 0 Å². The van der Waals surface area contributed by atoms with Gasteiger partial charge in [-0.05, 0) is 24.8 Å². The molecule has 58 valence electrons. The van der Waals surface area contributed by atoms with E-state index in [1.165, 1.54) is 0 Å². The molecule has 1 heterocycles.